The number of nitrogens with one attached hydrogen (secondary N) is 1. The van der Waals surface area contributed by atoms with Gasteiger partial charge in [0.05, 0.1) is 4.90 Å². The van der Waals surface area contributed by atoms with E-state index < -0.39 is 10.0 Å². The highest BCUT2D eigenvalue weighted by molar-refractivity contribution is 7.89. The quantitative estimate of drug-likeness (QED) is 0.909. The van der Waals surface area contributed by atoms with Crippen LogP contribution < -0.4 is 5.32 Å². The van der Waals surface area contributed by atoms with Gasteiger partial charge in [-0.25, -0.2) is 8.42 Å². The van der Waals surface area contributed by atoms with E-state index >= 15 is 0 Å². The smallest absolute Gasteiger partial charge is 0.243 e. The number of hydrogen-bond acceptors (Lipinski definition) is 3. The minimum atomic E-state index is -3.52. The molecule has 1 N–H and O–H groups in total. The van der Waals surface area contributed by atoms with E-state index in [0.717, 1.165) is 0 Å². The molecule has 1 aliphatic rings. The Balaban J connectivity index is 2.35. The summed E-state index contributed by atoms with van der Waals surface area (Å²) in [6, 6.07) is 4.51. The van der Waals surface area contributed by atoms with Crippen LogP contribution in [0.4, 0.5) is 0 Å². The molecule has 1 saturated heterocycles. The van der Waals surface area contributed by atoms with Gasteiger partial charge in [-0.3, -0.25) is 0 Å². The van der Waals surface area contributed by atoms with E-state index in [1.54, 1.807) is 0 Å². The van der Waals surface area contributed by atoms with E-state index in [2.05, 4.69) is 5.32 Å². The zero-order chi connectivity index (χ0) is 13.3. The summed E-state index contributed by atoms with van der Waals surface area (Å²) < 4.78 is 26.3. The van der Waals surface area contributed by atoms with Gasteiger partial charge < -0.3 is 5.32 Å². The molecule has 0 saturated carbocycles. The Bertz CT molecular complexity index is 528. The van der Waals surface area contributed by atoms with Crippen LogP contribution in [0.15, 0.2) is 23.1 Å². The zero-order valence-electron chi connectivity index (χ0n) is 9.86. The highest BCUT2D eigenvalue weighted by atomic mass is 35.5. The first kappa shape index (κ1) is 14.1. The monoisotopic (exact) mass is 308 g/mol. The van der Waals surface area contributed by atoms with Gasteiger partial charge in [0.15, 0.2) is 0 Å². The third-order valence-electron chi connectivity index (χ3n) is 2.81. The molecular formula is C11H14Cl2N2O2S. The Morgan fingerprint density at radius 3 is 2.44 bits per heavy atom. The van der Waals surface area contributed by atoms with Gasteiger partial charge in [0.25, 0.3) is 0 Å². The van der Waals surface area contributed by atoms with Gasteiger partial charge in [0.2, 0.25) is 10.0 Å². The van der Waals surface area contributed by atoms with E-state index in [-0.39, 0.29) is 10.9 Å². The fourth-order valence-corrected chi connectivity index (χ4v) is 4.20. The van der Waals surface area contributed by atoms with Crippen LogP contribution in [0.1, 0.15) is 6.92 Å². The summed E-state index contributed by atoms with van der Waals surface area (Å²) in [6.45, 7) is 3.50. The minimum Gasteiger partial charge on any atom is -0.312 e. The van der Waals surface area contributed by atoms with Crippen molar-refractivity contribution in [2.75, 3.05) is 19.6 Å². The molecule has 0 unspecified atom stereocenters. The summed E-state index contributed by atoms with van der Waals surface area (Å²) in [5, 5.41) is 3.85. The number of nitrogens with zero attached hydrogens (tertiary/aromatic N) is 1. The third-order valence-corrected chi connectivity index (χ3v) is 5.08. The standard InChI is InChI=1S/C11H14Cl2N2O2S/c1-8-7-15(3-2-14-8)18(16,17)11-5-9(12)4-10(13)6-11/h4-6,8,14H,2-3,7H2,1H3/t8-/m0/s1. The van der Waals surface area contributed by atoms with E-state index in [0.29, 0.717) is 29.7 Å². The molecule has 0 bridgehead atoms. The van der Waals surface area contributed by atoms with Gasteiger partial charge >= 0.3 is 0 Å². The van der Waals surface area contributed by atoms with Gasteiger partial charge in [0, 0.05) is 35.7 Å². The van der Waals surface area contributed by atoms with E-state index in [4.69, 9.17) is 23.2 Å². The average Bonchev–Trinajstić information content (AvgIpc) is 2.27. The molecule has 1 aliphatic heterocycles. The van der Waals surface area contributed by atoms with Crippen molar-refractivity contribution >= 4 is 33.2 Å². The lowest BCUT2D eigenvalue weighted by Crippen LogP contribution is -2.51. The third kappa shape index (κ3) is 2.97. The molecule has 4 nitrogen and oxygen atoms in total. The predicted molar refractivity (Wildman–Crippen MR) is 72.7 cm³/mol. The SMILES string of the molecule is C[C@H]1CN(S(=O)(=O)c2cc(Cl)cc(Cl)c2)CCN1. The molecule has 0 radical (unpaired) electrons. The van der Waals surface area contributed by atoms with Crippen LogP contribution in [0.5, 0.6) is 0 Å². The van der Waals surface area contributed by atoms with Crippen molar-refractivity contribution in [3.05, 3.63) is 28.2 Å². The summed E-state index contributed by atoms with van der Waals surface area (Å²) in [6.07, 6.45) is 0. The van der Waals surface area contributed by atoms with Gasteiger partial charge in [-0.2, -0.15) is 4.31 Å². The number of rotatable bonds is 2. The number of halogens is 2. The second-order valence-corrected chi connectivity index (χ2v) is 7.13. The lowest BCUT2D eigenvalue weighted by molar-refractivity contribution is 0.310. The van der Waals surface area contributed by atoms with Crippen molar-refractivity contribution in [2.45, 2.75) is 17.9 Å². The molecule has 1 atom stereocenters. The topological polar surface area (TPSA) is 49.4 Å². The second-order valence-electron chi connectivity index (χ2n) is 4.32. The maximum absolute atomic E-state index is 12.4. The Morgan fingerprint density at radius 1 is 1.28 bits per heavy atom. The van der Waals surface area contributed by atoms with Crippen molar-refractivity contribution < 1.29 is 8.42 Å². The Hall–Kier alpha value is -0.330. The number of benzene rings is 1. The minimum absolute atomic E-state index is 0.142. The van der Waals surface area contributed by atoms with Gasteiger partial charge in [-0.05, 0) is 25.1 Å². The molecule has 0 spiro atoms. The van der Waals surface area contributed by atoms with Gasteiger partial charge in [0.1, 0.15) is 0 Å². The summed E-state index contributed by atoms with van der Waals surface area (Å²) in [7, 11) is -3.52. The lowest BCUT2D eigenvalue weighted by atomic mass is 10.3. The van der Waals surface area contributed by atoms with Crippen molar-refractivity contribution in [1.82, 2.24) is 9.62 Å². The Kier molecular flexibility index (Phi) is 4.18. The van der Waals surface area contributed by atoms with Crippen LogP contribution in [-0.4, -0.2) is 38.4 Å². The van der Waals surface area contributed by atoms with Crippen LogP contribution >= 0.6 is 23.2 Å². The molecule has 0 amide bonds. The molecular weight excluding hydrogens is 295 g/mol. The van der Waals surface area contributed by atoms with Crippen LogP contribution in [0.2, 0.25) is 10.0 Å². The fraction of sp³-hybridized carbons (Fsp3) is 0.455. The van der Waals surface area contributed by atoms with Crippen molar-refractivity contribution in [1.29, 1.82) is 0 Å². The van der Waals surface area contributed by atoms with E-state index in [1.807, 2.05) is 6.92 Å². The largest absolute Gasteiger partial charge is 0.312 e. The van der Waals surface area contributed by atoms with Crippen LogP contribution in [0.25, 0.3) is 0 Å². The van der Waals surface area contributed by atoms with Crippen LogP contribution in [-0.2, 0) is 10.0 Å². The predicted octanol–water partition coefficient (Wildman–Crippen LogP) is 1.98. The first-order valence-electron chi connectivity index (χ1n) is 5.59. The summed E-state index contributed by atoms with van der Waals surface area (Å²) >= 11 is 11.7. The van der Waals surface area contributed by atoms with Gasteiger partial charge in [-0.1, -0.05) is 23.2 Å². The summed E-state index contributed by atoms with van der Waals surface area (Å²) in [4.78, 5) is 0.147. The molecule has 1 aromatic rings. The van der Waals surface area contributed by atoms with E-state index in [1.165, 1.54) is 22.5 Å². The molecule has 100 valence electrons. The zero-order valence-corrected chi connectivity index (χ0v) is 12.2. The maximum Gasteiger partial charge on any atom is 0.243 e. The summed E-state index contributed by atoms with van der Waals surface area (Å²) in [5.41, 5.74) is 0. The van der Waals surface area contributed by atoms with Crippen molar-refractivity contribution in [2.24, 2.45) is 0 Å². The normalized spacial score (nSPS) is 22.1. The molecule has 7 heteroatoms. The van der Waals surface area contributed by atoms with Gasteiger partial charge in [-0.15, -0.1) is 0 Å². The second kappa shape index (κ2) is 5.35. The van der Waals surface area contributed by atoms with E-state index in [9.17, 15) is 8.42 Å². The fourth-order valence-electron chi connectivity index (χ4n) is 1.94. The molecule has 1 fully saturated rings. The van der Waals surface area contributed by atoms with Crippen molar-refractivity contribution in [3.8, 4) is 0 Å². The molecule has 1 aromatic carbocycles. The first-order chi connectivity index (χ1) is 8.39. The van der Waals surface area contributed by atoms with Crippen molar-refractivity contribution in [3.63, 3.8) is 0 Å². The Labute approximate surface area is 117 Å². The molecule has 18 heavy (non-hydrogen) atoms. The van der Waals surface area contributed by atoms with Crippen LogP contribution in [0.3, 0.4) is 0 Å². The van der Waals surface area contributed by atoms with Crippen LogP contribution in [0, 0.1) is 0 Å². The number of hydrogen-bond donors (Lipinski definition) is 1. The lowest BCUT2D eigenvalue weighted by Gasteiger charge is -2.31. The molecule has 0 aromatic heterocycles. The molecule has 2 rings (SSSR count). The highest BCUT2D eigenvalue weighted by Crippen LogP contribution is 2.25. The summed E-state index contributed by atoms with van der Waals surface area (Å²) in [5.74, 6) is 0. The molecule has 0 aliphatic carbocycles. The molecule has 1 heterocycles. The first-order valence-corrected chi connectivity index (χ1v) is 7.79. The maximum atomic E-state index is 12.4. The average molecular weight is 309 g/mol. The highest BCUT2D eigenvalue weighted by Gasteiger charge is 2.28. The number of piperazine rings is 1. The number of sulfonamides is 1. The Morgan fingerprint density at radius 2 is 1.89 bits per heavy atom.